The second-order valence-electron chi connectivity index (χ2n) is 13.3. The fourth-order valence-corrected chi connectivity index (χ4v) is 7.86. The van der Waals surface area contributed by atoms with Crippen molar-refractivity contribution in [2.45, 2.75) is 93.8 Å². The molecular formula is C37H46F2N2O4S. The second kappa shape index (κ2) is 14.7. The number of hydrogen-bond acceptors (Lipinski definition) is 7. The van der Waals surface area contributed by atoms with Gasteiger partial charge in [-0.05, 0) is 84.0 Å². The van der Waals surface area contributed by atoms with Gasteiger partial charge in [-0.25, -0.2) is 8.78 Å². The van der Waals surface area contributed by atoms with Gasteiger partial charge in [-0.2, -0.15) is 0 Å². The Labute approximate surface area is 275 Å². The van der Waals surface area contributed by atoms with Gasteiger partial charge < -0.3 is 25.1 Å². The largest absolute Gasteiger partial charge is 0.489 e. The molecule has 3 aromatic carbocycles. The maximum absolute atomic E-state index is 14.3. The predicted molar refractivity (Wildman–Crippen MR) is 178 cm³/mol. The number of hydrogen-bond donors (Lipinski definition) is 2. The third kappa shape index (κ3) is 7.77. The lowest BCUT2D eigenvalue weighted by atomic mass is 9.89. The lowest BCUT2D eigenvalue weighted by Gasteiger charge is -2.38. The van der Waals surface area contributed by atoms with Crippen LogP contribution in [0.5, 0.6) is 5.75 Å². The summed E-state index contributed by atoms with van der Waals surface area (Å²) in [5, 5.41) is 10.4. The predicted octanol–water partition coefficient (Wildman–Crippen LogP) is 6.89. The van der Waals surface area contributed by atoms with Crippen LogP contribution in [0.2, 0.25) is 0 Å². The smallest absolute Gasteiger partial charge is 0.129 e. The van der Waals surface area contributed by atoms with Crippen LogP contribution >= 0.6 is 11.8 Å². The summed E-state index contributed by atoms with van der Waals surface area (Å²) in [6.45, 7) is 6.50. The summed E-state index contributed by atoms with van der Waals surface area (Å²) in [7, 11) is 0. The van der Waals surface area contributed by atoms with E-state index in [1.165, 1.54) is 22.8 Å². The molecule has 7 atom stereocenters. The Hall–Kier alpha value is -2.53. The molecule has 6 rings (SSSR count). The number of nitrogens with zero attached hydrogens (tertiary/aromatic N) is 1. The molecule has 0 aromatic heterocycles. The Balaban J connectivity index is 1.05. The van der Waals surface area contributed by atoms with E-state index in [-0.39, 0.29) is 35.4 Å². The number of aliphatic hydroxyl groups is 1. The van der Waals surface area contributed by atoms with Crippen LogP contribution in [0.15, 0.2) is 60.7 Å². The number of nitrogens with two attached hydrogens (primary N) is 1. The maximum Gasteiger partial charge on any atom is 0.129 e. The molecule has 0 aliphatic carbocycles. The Morgan fingerprint density at radius 3 is 2.59 bits per heavy atom. The van der Waals surface area contributed by atoms with Crippen molar-refractivity contribution in [1.29, 1.82) is 0 Å². The molecule has 7 unspecified atom stereocenters. The molecule has 0 saturated carbocycles. The van der Waals surface area contributed by atoms with Gasteiger partial charge in [0.05, 0.1) is 18.8 Å². The average Bonchev–Trinajstić information content (AvgIpc) is 3.51. The Kier molecular flexibility index (Phi) is 10.7. The summed E-state index contributed by atoms with van der Waals surface area (Å²) in [6.07, 6.45) is 4.63. The van der Waals surface area contributed by atoms with Gasteiger partial charge in [0.1, 0.15) is 35.0 Å². The molecule has 3 aliphatic heterocycles. The van der Waals surface area contributed by atoms with E-state index in [1.807, 2.05) is 6.26 Å². The summed E-state index contributed by atoms with van der Waals surface area (Å²) in [5.74, 6) is 0.256. The minimum atomic E-state index is -0.653. The van der Waals surface area contributed by atoms with Crippen molar-refractivity contribution in [1.82, 2.24) is 4.90 Å². The van der Waals surface area contributed by atoms with E-state index >= 15 is 0 Å². The minimum absolute atomic E-state index is 0.0140. The van der Waals surface area contributed by atoms with Gasteiger partial charge in [0, 0.05) is 43.6 Å². The van der Waals surface area contributed by atoms with Gasteiger partial charge in [-0.1, -0.05) is 44.2 Å². The Morgan fingerprint density at radius 2 is 1.85 bits per heavy atom. The number of ether oxygens (including phenoxy) is 3. The van der Waals surface area contributed by atoms with Crippen molar-refractivity contribution < 1.29 is 28.1 Å². The van der Waals surface area contributed by atoms with E-state index in [0.717, 1.165) is 49.4 Å². The molecule has 3 fully saturated rings. The van der Waals surface area contributed by atoms with Gasteiger partial charge in [-0.3, -0.25) is 4.90 Å². The highest BCUT2D eigenvalue weighted by molar-refractivity contribution is 7.99. The average molecular weight is 653 g/mol. The molecule has 3 heterocycles. The zero-order valence-electron chi connectivity index (χ0n) is 26.9. The van der Waals surface area contributed by atoms with Crippen molar-refractivity contribution in [3.05, 3.63) is 100 Å². The molecule has 3 aliphatic rings. The number of aliphatic hydroxyl groups excluding tert-OH is 1. The standard InChI is InChI=1S/C37H46F2N2O4S/c1-22(2)31-10-6-24(35-18-28(42)19-36(45-35)46-3)15-25(31)14-23-4-8-29(9-5-23)44-30-12-13-41(20-30)27-17-34(40)37(43-21-27)32-16-26(38)7-11-33(32)39/h4-11,15-16,22,27-28,30,34-37,42H,12-14,17-21,40H2,1-3H3. The summed E-state index contributed by atoms with van der Waals surface area (Å²) in [5.41, 5.74) is 11.6. The molecule has 0 spiro atoms. The highest BCUT2D eigenvalue weighted by Crippen LogP contribution is 2.37. The topological polar surface area (TPSA) is 77.2 Å². The van der Waals surface area contributed by atoms with Crippen LogP contribution in [-0.2, 0) is 15.9 Å². The van der Waals surface area contributed by atoms with Crippen LogP contribution in [0.4, 0.5) is 8.78 Å². The number of rotatable bonds is 9. The molecule has 3 N–H and O–H groups in total. The number of benzene rings is 3. The SMILES string of the molecule is CSC1CC(O)CC(c2ccc(C(C)C)c(Cc3ccc(OC4CCN(C5COC(c6cc(F)ccc6F)C(N)C5)C4)cc3)c2)O1. The zero-order valence-corrected chi connectivity index (χ0v) is 27.7. The van der Waals surface area contributed by atoms with Crippen LogP contribution in [0.3, 0.4) is 0 Å². The molecule has 46 heavy (non-hydrogen) atoms. The first-order chi connectivity index (χ1) is 22.2. The first-order valence-electron chi connectivity index (χ1n) is 16.5. The third-order valence-corrected chi connectivity index (χ3v) is 10.5. The lowest BCUT2D eigenvalue weighted by molar-refractivity contribution is -0.0605. The molecule has 3 saturated heterocycles. The van der Waals surface area contributed by atoms with Crippen molar-refractivity contribution in [2.75, 3.05) is 26.0 Å². The minimum Gasteiger partial charge on any atom is -0.489 e. The summed E-state index contributed by atoms with van der Waals surface area (Å²) >= 11 is 1.65. The highest BCUT2D eigenvalue weighted by atomic mass is 32.2. The Bertz CT molecular complexity index is 1470. The second-order valence-corrected chi connectivity index (χ2v) is 14.3. The lowest BCUT2D eigenvalue weighted by Crippen LogP contribution is -2.49. The molecule has 3 aromatic rings. The van der Waals surface area contributed by atoms with E-state index in [9.17, 15) is 13.9 Å². The van der Waals surface area contributed by atoms with Crippen LogP contribution in [0.25, 0.3) is 0 Å². The first-order valence-corrected chi connectivity index (χ1v) is 17.8. The van der Waals surface area contributed by atoms with E-state index in [2.05, 4.69) is 61.2 Å². The highest BCUT2D eigenvalue weighted by Gasteiger charge is 2.37. The van der Waals surface area contributed by atoms with Crippen LogP contribution in [-0.4, -0.2) is 65.7 Å². The molecule has 9 heteroatoms. The molecule has 248 valence electrons. The van der Waals surface area contributed by atoms with Gasteiger partial charge >= 0.3 is 0 Å². The van der Waals surface area contributed by atoms with E-state index in [0.29, 0.717) is 31.8 Å². The molecule has 0 amide bonds. The monoisotopic (exact) mass is 652 g/mol. The first kappa shape index (κ1) is 33.4. The normalized spacial score (nSPS) is 28.9. The number of thioether (sulfide) groups is 1. The van der Waals surface area contributed by atoms with E-state index < -0.39 is 23.8 Å². The molecule has 0 bridgehead atoms. The van der Waals surface area contributed by atoms with Gasteiger partial charge in [0.2, 0.25) is 0 Å². The van der Waals surface area contributed by atoms with Gasteiger partial charge in [0.15, 0.2) is 0 Å². The maximum atomic E-state index is 14.3. The van der Waals surface area contributed by atoms with Crippen molar-refractivity contribution in [2.24, 2.45) is 5.73 Å². The molecule has 6 nitrogen and oxygen atoms in total. The fourth-order valence-electron chi connectivity index (χ4n) is 7.20. The quantitative estimate of drug-likeness (QED) is 0.261. The van der Waals surface area contributed by atoms with E-state index in [1.54, 1.807) is 11.8 Å². The van der Waals surface area contributed by atoms with Crippen molar-refractivity contribution in [3.8, 4) is 5.75 Å². The summed E-state index contributed by atoms with van der Waals surface area (Å²) in [6, 6.07) is 18.2. The summed E-state index contributed by atoms with van der Waals surface area (Å²) in [4.78, 5) is 2.34. The Morgan fingerprint density at radius 1 is 1.04 bits per heavy atom. The number of likely N-dealkylation sites (tertiary alicyclic amines) is 1. The fraction of sp³-hybridized carbons (Fsp3) is 0.514. The van der Waals surface area contributed by atoms with Crippen LogP contribution < -0.4 is 10.5 Å². The molecular weight excluding hydrogens is 606 g/mol. The van der Waals surface area contributed by atoms with Gasteiger partial charge in [0.25, 0.3) is 0 Å². The van der Waals surface area contributed by atoms with Crippen LogP contribution in [0, 0.1) is 11.6 Å². The molecule has 0 radical (unpaired) electrons. The van der Waals surface area contributed by atoms with E-state index in [4.69, 9.17) is 19.9 Å². The van der Waals surface area contributed by atoms with Crippen molar-refractivity contribution >= 4 is 11.8 Å². The summed E-state index contributed by atoms with van der Waals surface area (Å²) < 4.78 is 46.8. The third-order valence-electron chi connectivity index (χ3n) is 9.67. The number of halogens is 2. The van der Waals surface area contributed by atoms with Crippen molar-refractivity contribution in [3.63, 3.8) is 0 Å². The zero-order chi connectivity index (χ0) is 32.4. The van der Waals surface area contributed by atoms with Crippen LogP contribution in [0.1, 0.15) is 85.5 Å². The van der Waals surface area contributed by atoms with Gasteiger partial charge in [-0.15, -0.1) is 11.8 Å².